The van der Waals surface area contributed by atoms with E-state index in [1.807, 2.05) is 0 Å². The number of hydrogen-bond acceptors (Lipinski definition) is 13. The third-order valence-electron chi connectivity index (χ3n) is 4.82. The molecule has 0 radical (unpaired) electrons. The highest BCUT2D eigenvalue weighted by atomic mass is 32.2. The van der Waals surface area contributed by atoms with Crippen LogP contribution in [0.2, 0.25) is 0 Å². The second-order valence-corrected chi connectivity index (χ2v) is 9.82. The first-order valence-corrected chi connectivity index (χ1v) is 12.6. The fourth-order valence-electron chi connectivity index (χ4n) is 3.29. The van der Waals surface area contributed by atoms with Crippen molar-refractivity contribution in [2.45, 2.75) is 16.6 Å². The van der Waals surface area contributed by atoms with Crippen molar-refractivity contribution in [3.63, 3.8) is 0 Å². The van der Waals surface area contributed by atoms with Crippen LogP contribution in [-0.4, -0.2) is 95.1 Å². The molecule has 0 bridgehead atoms. The SMILES string of the molecule is CO/N=C(/C(=O)NC1C(=O)N2C(C(=O)O)=C(CSc3nnnn3C)CS[C@H]12)c1csc(NC=O)n1. The number of nitrogens with zero attached hydrogens (tertiary/aromatic N) is 7. The van der Waals surface area contributed by atoms with Crippen LogP contribution >= 0.6 is 34.9 Å². The second kappa shape index (κ2) is 10.4. The highest BCUT2D eigenvalue weighted by molar-refractivity contribution is 8.01. The van der Waals surface area contributed by atoms with E-state index in [9.17, 15) is 24.3 Å². The third kappa shape index (κ3) is 4.84. The minimum atomic E-state index is -1.24. The van der Waals surface area contributed by atoms with E-state index < -0.39 is 29.2 Å². The minimum absolute atomic E-state index is 0.110. The van der Waals surface area contributed by atoms with E-state index in [0.29, 0.717) is 22.9 Å². The Kier molecular flexibility index (Phi) is 7.31. The summed E-state index contributed by atoms with van der Waals surface area (Å²) in [5.74, 6) is -1.91. The van der Waals surface area contributed by atoms with Crippen LogP contribution in [0.1, 0.15) is 5.69 Å². The van der Waals surface area contributed by atoms with Crippen LogP contribution in [0.25, 0.3) is 0 Å². The van der Waals surface area contributed by atoms with Gasteiger partial charge in [0.2, 0.25) is 11.6 Å². The zero-order chi connectivity index (χ0) is 25.1. The van der Waals surface area contributed by atoms with Crippen LogP contribution < -0.4 is 10.6 Å². The molecule has 2 aromatic rings. The quantitative estimate of drug-likeness (QED) is 0.111. The number of carbonyl (C=O) groups excluding carboxylic acids is 3. The number of thioether (sulfide) groups is 2. The van der Waals surface area contributed by atoms with Gasteiger partial charge in [0.05, 0.1) is 0 Å². The molecular formula is C17H17N9O6S3. The number of carboxylic acids is 1. The summed E-state index contributed by atoms with van der Waals surface area (Å²) < 4.78 is 1.46. The molecule has 35 heavy (non-hydrogen) atoms. The van der Waals surface area contributed by atoms with Crippen molar-refractivity contribution >= 4 is 69.9 Å². The Hall–Kier alpha value is -3.51. The van der Waals surface area contributed by atoms with Crippen LogP contribution in [-0.2, 0) is 31.1 Å². The monoisotopic (exact) mass is 539 g/mol. The number of hydrogen-bond donors (Lipinski definition) is 3. The summed E-state index contributed by atoms with van der Waals surface area (Å²) in [6.45, 7) is 0. The van der Waals surface area contributed by atoms with Crippen LogP contribution in [0.15, 0.2) is 27.0 Å². The first-order valence-electron chi connectivity index (χ1n) is 9.69. The number of fused-ring (bicyclic) bond motifs is 1. The van der Waals surface area contributed by atoms with Crippen molar-refractivity contribution in [2.75, 3.05) is 23.9 Å². The van der Waals surface area contributed by atoms with Gasteiger partial charge < -0.3 is 20.6 Å². The largest absolute Gasteiger partial charge is 0.477 e. The number of thiazole rings is 1. The topological polar surface area (TPSA) is 194 Å². The molecule has 3 amide bonds. The van der Waals surface area contributed by atoms with Gasteiger partial charge in [0.1, 0.15) is 29.9 Å². The molecule has 1 saturated heterocycles. The number of aromatic nitrogens is 5. The maximum atomic E-state index is 12.9. The average molecular weight is 540 g/mol. The van der Waals surface area contributed by atoms with Crippen molar-refractivity contribution in [3.05, 3.63) is 22.3 Å². The second-order valence-electron chi connectivity index (χ2n) is 6.91. The summed E-state index contributed by atoms with van der Waals surface area (Å²) in [5, 5.41) is 31.2. The van der Waals surface area contributed by atoms with Gasteiger partial charge in [-0.25, -0.2) is 14.5 Å². The summed E-state index contributed by atoms with van der Waals surface area (Å²) in [7, 11) is 2.91. The lowest BCUT2D eigenvalue weighted by molar-refractivity contribution is -0.150. The number of aliphatic carboxylic acids is 1. The summed E-state index contributed by atoms with van der Waals surface area (Å²) in [6, 6.07) is -0.966. The molecule has 2 atom stereocenters. The third-order valence-corrected chi connectivity index (χ3v) is 8.03. The molecule has 0 spiro atoms. The Morgan fingerprint density at radius 1 is 1.46 bits per heavy atom. The fourth-order valence-corrected chi connectivity index (χ4v) is 6.28. The summed E-state index contributed by atoms with van der Waals surface area (Å²) in [5.41, 5.74) is 0.381. The van der Waals surface area contributed by atoms with Gasteiger partial charge in [-0.05, 0) is 16.0 Å². The Balaban J connectivity index is 1.48. The number of tetrazole rings is 1. The van der Waals surface area contributed by atoms with Gasteiger partial charge in [-0.15, -0.1) is 28.2 Å². The molecule has 3 N–H and O–H groups in total. The minimum Gasteiger partial charge on any atom is -0.477 e. The molecule has 1 unspecified atom stereocenters. The number of nitrogens with one attached hydrogen (secondary N) is 2. The molecule has 0 aliphatic carbocycles. The van der Waals surface area contributed by atoms with Gasteiger partial charge in [-0.3, -0.25) is 19.3 Å². The number of carboxylic acid groups (broad SMARTS) is 1. The summed E-state index contributed by atoms with van der Waals surface area (Å²) >= 11 is 3.66. The lowest BCUT2D eigenvalue weighted by Gasteiger charge is -2.49. The van der Waals surface area contributed by atoms with Gasteiger partial charge >= 0.3 is 5.97 Å². The molecule has 0 aromatic carbocycles. The normalized spacial score (nSPS) is 19.7. The molecule has 4 heterocycles. The van der Waals surface area contributed by atoms with Gasteiger partial charge in [0.15, 0.2) is 10.8 Å². The summed E-state index contributed by atoms with van der Waals surface area (Å²) in [4.78, 5) is 58.4. The van der Waals surface area contributed by atoms with Gasteiger partial charge in [0, 0.05) is 23.9 Å². The Morgan fingerprint density at radius 2 is 2.26 bits per heavy atom. The van der Waals surface area contributed by atoms with E-state index in [0.717, 1.165) is 11.3 Å². The molecule has 2 aromatic heterocycles. The van der Waals surface area contributed by atoms with Gasteiger partial charge in [-0.2, -0.15) is 0 Å². The van der Waals surface area contributed by atoms with E-state index in [-0.39, 0.29) is 28.0 Å². The number of amides is 3. The molecule has 15 nitrogen and oxygen atoms in total. The highest BCUT2D eigenvalue weighted by Crippen LogP contribution is 2.41. The van der Waals surface area contributed by atoms with Crippen LogP contribution in [0.4, 0.5) is 5.13 Å². The molecule has 2 aliphatic heterocycles. The maximum Gasteiger partial charge on any atom is 0.352 e. The maximum absolute atomic E-state index is 12.9. The lowest BCUT2D eigenvalue weighted by Crippen LogP contribution is -2.71. The highest BCUT2D eigenvalue weighted by Gasteiger charge is 2.54. The number of anilines is 1. The van der Waals surface area contributed by atoms with Crippen LogP contribution in [0.3, 0.4) is 0 Å². The van der Waals surface area contributed by atoms with E-state index in [2.05, 4.69) is 36.3 Å². The number of aryl methyl sites for hydroxylation is 1. The van der Waals surface area contributed by atoms with Crippen molar-refractivity contribution in [3.8, 4) is 0 Å². The van der Waals surface area contributed by atoms with Crippen molar-refractivity contribution < 1.29 is 29.1 Å². The predicted molar refractivity (Wildman–Crippen MR) is 125 cm³/mol. The van der Waals surface area contributed by atoms with Crippen molar-refractivity contribution in [2.24, 2.45) is 12.2 Å². The fraction of sp³-hybridized carbons (Fsp3) is 0.353. The molecule has 18 heteroatoms. The number of carbonyl (C=O) groups is 4. The smallest absolute Gasteiger partial charge is 0.352 e. The van der Waals surface area contributed by atoms with Gasteiger partial charge in [0.25, 0.3) is 11.8 Å². The molecule has 184 valence electrons. The zero-order valence-electron chi connectivity index (χ0n) is 18.1. The van der Waals surface area contributed by atoms with Crippen molar-refractivity contribution in [1.29, 1.82) is 0 Å². The number of β-lactam (4-membered cyclic amide) rings is 1. The van der Waals surface area contributed by atoms with Crippen LogP contribution in [0, 0.1) is 0 Å². The number of rotatable bonds is 10. The Bertz CT molecular complexity index is 1240. The first kappa shape index (κ1) is 24.6. The number of oxime groups is 1. The van der Waals surface area contributed by atoms with Crippen molar-refractivity contribution in [1.82, 2.24) is 35.4 Å². The molecule has 2 aliphatic rings. The average Bonchev–Trinajstić information content (AvgIpc) is 3.47. The predicted octanol–water partition coefficient (Wildman–Crippen LogP) is -0.884. The van der Waals surface area contributed by atoms with E-state index in [4.69, 9.17) is 4.84 Å². The molecular weight excluding hydrogens is 522 g/mol. The lowest BCUT2D eigenvalue weighted by atomic mass is 10.0. The molecule has 0 saturated carbocycles. The van der Waals surface area contributed by atoms with Gasteiger partial charge in [-0.1, -0.05) is 16.9 Å². The van der Waals surface area contributed by atoms with E-state index >= 15 is 0 Å². The first-order chi connectivity index (χ1) is 16.8. The van der Waals surface area contributed by atoms with E-state index in [1.54, 1.807) is 7.05 Å². The molecule has 4 rings (SSSR count). The zero-order valence-corrected chi connectivity index (χ0v) is 20.5. The Morgan fingerprint density at radius 3 is 2.91 bits per heavy atom. The van der Waals surface area contributed by atoms with Crippen LogP contribution in [0.5, 0.6) is 0 Å². The summed E-state index contributed by atoms with van der Waals surface area (Å²) in [6.07, 6.45) is 0.447. The standard InChI is InChI=1S/C17H17N9O6S3/c1-25-17(21-23-24-25)35-4-7-3-33-14-10(13(29)26(14)11(7)15(30)31)20-12(28)9(22-32-2)8-5-34-16(19-8)18-6-27/h5-6,10,14H,3-4H2,1-2H3,(H,20,28)(H,30,31)(H,18,19,27)/b22-9+/t10?,14-/m1/s1. The molecule has 1 fully saturated rings. The Labute approximate surface area is 209 Å². The van der Waals surface area contributed by atoms with E-state index in [1.165, 1.54) is 45.6 Å².